The lowest BCUT2D eigenvalue weighted by Gasteiger charge is -1.96. The minimum Gasteiger partial charge on any atom is -0.334 e. The van der Waals surface area contributed by atoms with Crippen LogP contribution in [0, 0.1) is 0 Å². The standard InChI is InChI=1S/2C4H7NO/c1-3-5(2)4-6;1-3-5-4(2)6/h3-4H,1H2,2H3;3H,1H2,2H3,(H,5,6). The fourth-order valence-electron chi connectivity index (χ4n) is 0.187. The van der Waals surface area contributed by atoms with Gasteiger partial charge in [-0.2, -0.15) is 0 Å². The SMILES string of the molecule is C=CN(C)C=O.C=CNC(C)=O. The molecule has 4 heteroatoms. The average Bonchev–Trinajstić information content (AvgIpc) is 2.04. The van der Waals surface area contributed by atoms with E-state index in [2.05, 4.69) is 18.5 Å². The van der Waals surface area contributed by atoms with Crippen molar-refractivity contribution in [3.05, 3.63) is 25.6 Å². The molecule has 2 amide bonds. The highest BCUT2D eigenvalue weighted by Crippen LogP contribution is 1.67. The van der Waals surface area contributed by atoms with Gasteiger partial charge in [0.05, 0.1) is 0 Å². The second-order valence-electron chi connectivity index (χ2n) is 1.86. The molecule has 0 spiro atoms. The molecular formula is C8H14N2O2. The van der Waals surface area contributed by atoms with Crippen molar-refractivity contribution >= 4 is 12.3 Å². The van der Waals surface area contributed by atoms with E-state index in [1.807, 2.05) is 0 Å². The van der Waals surface area contributed by atoms with Crippen LogP contribution in [0.25, 0.3) is 0 Å². The summed E-state index contributed by atoms with van der Waals surface area (Å²) in [7, 11) is 1.62. The Labute approximate surface area is 72.6 Å². The quantitative estimate of drug-likeness (QED) is 0.626. The van der Waals surface area contributed by atoms with Crippen LogP contribution in [0.1, 0.15) is 6.92 Å². The van der Waals surface area contributed by atoms with Crippen LogP contribution in [0.2, 0.25) is 0 Å². The van der Waals surface area contributed by atoms with Crippen LogP contribution >= 0.6 is 0 Å². The van der Waals surface area contributed by atoms with Gasteiger partial charge in [0, 0.05) is 14.0 Å². The van der Waals surface area contributed by atoms with Crippen LogP contribution in [0.3, 0.4) is 0 Å². The van der Waals surface area contributed by atoms with E-state index in [1.165, 1.54) is 24.2 Å². The Balaban J connectivity index is 0. The first-order chi connectivity index (χ1) is 5.58. The van der Waals surface area contributed by atoms with Gasteiger partial charge in [0.25, 0.3) is 0 Å². The first-order valence-corrected chi connectivity index (χ1v) is 3.26. The number of carbonyl (C=O) groups is 2. The van der Waals surface area contributed by atoms with Crippen LogP contribution in [0.4, 0.5) is 0 Å². The third kappa shape index (κ3) is 15.8. The molecule has 0 bridgehead atoms. The van der Waals surface area contributed by atoms with Crippen LogP contribution in [0.15, 0.2) is 25.6 Å². The van der Waals surface area contributed by atoms with Crippen molar-refractivity contribution in [2.24, 2.45) is 0 Å². The summed E-state index contributed by atoms with van der Waals surface area (Å²) in [5.74, 6) is -0.0787. The Morgan fingerprint density at radius 3 is 2.00 bits per heavy atom. The minimum atomic E-state index is -0.0787. The molecule has 0 aromatic rings. The molecule has 0 aliphatic rings. The smallest absolute Gasteiger partial charge is 0.220 e. The molecule has 1 N–H and O–H groups in total. The number of nitrogens with zero attached hydrogens (tertiary/aromatic N) is 1. The summed E-state index contributed by atoms with van der Waals surface area (Å²) in [6.07, 6.45) is 3.47. The van der Waals surface area contributed by atoms with Gasteiger partial charge in [-0.3, -0.25) is 9.59 Å². The van der Waals surface area contributed by atoms with E-state index in [9.17, 15) is 9.59 Å². The molecule has 0 unspecified atom stereocenters. The van der Waals surface area contributed by atoms with E-state index in [4.69, 9.17) is 0 Å². The Hall–Kier alpha value is -1.58. The number of carbonyl (C=O) groups excluding carboxylic acids is 2. The minimum absolute atomic E-state index is 0.0787. The lowest BCUT2D eigenvalue weighted by Crippen LogP contribution is -2.10. The molecule has 0 radical (unpaired) electrons. The maximum Gasteiger partial charge on any atom is 0.220 e. The van der Waals surface area contributed by atoms with Crippen LogP contribution in [-0.2, 0) is 9.59 Å². The van der Waals surface area contributed by atoms with Crippen molar-refractivity contribution in [3.63, 3.8) is 0 Å². The lowest BCUT2D eigenvalue weighted by molar-refractivity contribution is -0.118. The van der Waals surface area contributed by atoms with Gasteiger partial charge in [0.1, 0.15) is 0 Å². The van der Waals surface area contributed by atoms with Crippen LogP contribution < -0.4 is 5.32 Å². The predicted molar refractivity (Wildman–Crippen MR) is 48.0 cm³/mol. The number of hydrogen-bond donors (Lipinski definition) is 1. The van der Waals surface area contributed by atoms with E-state index in [0.717, 1.165) is 0 Å². The predicted octanol–water partition coefficient (Wildman–Crippen LogP) is 0.484. The van der Waals surface area contributed by atoms with Gasteiger partial charge >= 0.3 is 0 Å². The van der Waals surface area contributed by atoms with Crippen LogP contribution in [0.5, 0.6) is 0 Å². The monoisotopic (exact) mass is 170 g/mol. The van der Waals surface area contributed by atoms with Gasteiger partial charge in [-0.1, -0.05) is 13.2 Å². The zero-order valence-corrected chi connectivity index (χ0v) is 7.41. The lowest BCUT2D eigenvalue weighted by atomic mass is 10.7. The topological polar surface area (TPSA) is 49.4 Å². The molecule has 68 valence electrons. The average molecular weight is 170 g/mol. The van der Waals surface area contributed by atoms with Crippen molar-refractivity contribution in [1.29, 1.82) is 0 Å². The molecule has 0 aliphatic heterocycles. The Morgan fingerprint density at radius 1 is 1.50 bits per heavy atom. The number of rotatable bonds is 3. The van der Waals surface area contributed by atoms with E-state index >= 15 is 0 Å². The van der Waals surface area contributed by atoms with Crippen molar-refractivity contribution in [2.45, 2.75) is 6.92 Å². The Kier molecular flexibility index (Phi) is 10.2. The molecule has 0 atom stereocenters. The molecule has 0 saturated heterocycles. The van der Waals surface area contributed by atoms with Crippen molar-refractivity contribution in [1.82, 2.24) is 10.2 Å². The highest BCUT2D eigenvalue weighted by molar-refractivity contribution is 5.73. The van der Waals surface area contributed by atoms with Gasteiger partial charge in [-0.25, -0.2) is 0 Å². The Morgan fingerprint density at radius 2 is 2.00 bits per heavy atom. The molecule has 4 nitrogen and oxygen atoms in total. The summed E-state index contributed by atoms with van der Waals surface area (Å²) in [6, 6.07) is 0. The number of hydrogen-bond acceptors (Lipinski definition) is 2. The fraction of sp³-hybridized carbons (Fsp3) is 0.250. The van der Waals surface area contributed by atoms with E-state index in [0.29, 0.717) is 6.41 Å². The molecule has 0 heterocycles. The Bertz CT molecular complexity index is 158. The molecule has 0 rings (SSSR count). The van der Waals surface area contributed by atoms with Crippen molar-refractivity contribution in [2.75, 3.05) is 7.05 Å². The summed E-state index contributed by atoms with van der Waals surface area (Å²) in [4.78, 5) is 20.8. The first-order valence-electron chi connectivity index (χ1n) is 3.26. The van der Waals surface area contributed by atoms with Gasteiger partial charge in [0.2, 0.25) is 12.3 Å². The van der Waals surface area contributed by atoms with E-state index in [-0.39, 0.29) is 5.91 Å². The normalized spacial score (nSPS) is 6.83. The van der Waals surface area contributed by atoms with Gasteiger partial charge in [-0.15, -0.1) is 0 Å². The maximum absolute atomic E-state index is 9.86. The molecule has 12 heavy (non-hydrogen) atoms. The molecule has 0 aromatic carbocycles. The summed E-state index contributed by atoms with van der Waals surface area (Å²) in [5, 5.41) is 2.33. The van der Waals surface area contributed by atoms with E-state index in [1.54, 1.807) is 7.05 Å². The van der Waals surface area contributed by atoms with Crippen molar-refractivity contribution < 1.29 is 9.59 Å². The highest BCUT2D eigenvalue weighted by Gasteiger charge is 1.75. The largest absolute Gasteiger partial charge is 0.334 e. The maximum atomic E-state index is 9.86. The second-order valence-corrected chi connectivity index (χ2v) is 1.86. The van der Waals surface area contributed by atoms with E-state index < -0.39 is 0 Å². The molecule has 0 aliphatic carbocycles. The van der Waals surface area contributed by atoms with Crippen molar-refractivity contribution in [3.8, 4) is 0 Å². The van der Waals surface area contributed by atoms with Gasteiger partial charge in [-0.05, 0) is 12.4 Å². The molecule has 0 saturated carbocycles. The fourth-order valence-corrected chi connectivity index (χ4v) is 0.187. The summed E-state index contributed by atoms with van der Waals surface area (Å²) in [6.45, 7) is 8.03. The highest BCUT2D eigenvalue weighted by atomic mass is 16.1. The first kappa shape index (κ1) is 13.0. The zero-order chi connectivity index (χ0) is 9.98. The zero-order valence-electron chi connectivity index (χ0n) is 7.41. The summed E-state index contributed by atoms with van der Waals surface area (Å²) >= 11 is 0. The van der Waals surface area contributed by atoms with Crippen LogP contribution in [-0.4, -0.2) is 24.3 Å². The second kappa shape index (κ2) is 9.42. The molecule has 0 fully saturated rings. The molecule has 0 aromatic heterocycles. The summed E-state index contributed by atoms with van der Waals surface area (Å²) < 4.78 is 0. The molecular weight excluding hydrogens is 156 g/mol. The van der Waals surface area contributed by atoms with Gasteiger partial charge < -0.3 is 10.2 Å². The summed E-state index contributed by atoms with van der Waals surface area (Å²) in [5.41, 5.74) is 0. The third-order valence-electron chi connectivity index (χ3n) is 0.760. The number of amides is 2. The number of nitrogens with one attached hydrogen (secondary N) is 1. The third-order valence-corrected chi connectivity index (χ3v) is 0.760. The van der Waals surface area contributed by atoms with Gasteiger partial charge in [0.15, 0.2) is 0 Å².